The van der Waals surface area contributed by atoms with Crippen molar-refractivity contribution in [2.24, 2.45) is 0 Å². The number of aryl methyl sites for hydroxylation is 1. The Morgan fingerprint density at radius 2 is 2.26 bits per heavy atom. The van der Waals surface area contributed by atoms with Gasteiger partial charge in [-0.05, 0) is 35.8 Å². The Morgan fingerprint density at radius 1 is 1.53 bits per heavy atom. The number of benzene rings is 1. The quantitative estimate of drug-likeness (QED) is 0.665. The third kappa shape index (κ3) is 2.90. The van der Waals surface area contributed by atoms with Crippen LogP contribution in [-0.2, 0) is 0 Å². The molecule has 0 saturated carbocycles. The van der Waals surface area contributed by atoms with E-state index in [2.05, 4.69) is 36.4 Å². The molecule has 0 bridgehead atoms. The second-order valence-electron chi connectivity index (χ2n) is 4.11. The van der Waals surface area contributed by atoms with Gasteiger partial charge in [0.15, 0.2) is 0 Å². The van der Waals surface area contributed by atoms with Crippen LogP contribution in [0.5, 0.6) is 0 Å². The summed E-state index contributed by atoms with van der Waals surface area (Å²) < 4.78 is 0.635. The highest BCUT2D eigenvalue weighted by Crippen LogP contribution is 2.32. The molecule has 19 heavy (non-hydrogen) atoms. The van der Waals surface area contributed by atoms with Crippen LogP contribution >= 0.6 is 15.9 Å². The number of nitro benzene ring substituents is 1. The van der Waals surface area contributed by atoms with Gasteiger partial charge in [0.1, 0.15) is 12.2 Å². The van der Waals surface area contributed by atoms with Crippen LogP contribution in [0.1, 0.15) is 24.4 Å². The lowest BCUT2D eigenvalue weighted by molar-refractivity contribution is -0.385. The van der Waals surface area contributed by atoms with Crippen molar-refractivity contribution in [2.45, 2.75) is 19.9 Å². The first-order valence-corrected chi connectivity index (χ1v) is 6.34. The molecule has 0 aliphatic heterocycles. The fraction of sp³-hybridized carbons (Fsp3) is 0.273. The number of aromatic amines is 1. The Balaban J connectivity index is 2.26. The first-order chi connectivity index (χ1) is 8.99. The fourth-order valence-electron chi connectivity index (χ4n) is 1.70. The van der Waals surface area contributed by atoms with Gasteiger partial charge in [0.2, 0.25) is 0 Å². The summed E-state index contributed by atoms with van der Waals surface area (Å²) in [7, 11) is 0. The first-order valence-electron chi connectivity index (χ1n) is 5.55. The summed E-state index contributed by atoms with van der Waals surface area (Å²) in [4.78, 5) is 14.5. The first kappa shape index (κ1) is 13.5. The van der Waals surface area contributed by atoms with Crippen LogP contribution < -0.4 is 5.32 Å². The van der Waals surface area contributed by atoms with Gasteiger partial charge in [-0.25, -0.2) is 4.98 Å². The van der Waals surface area contributed by atoms with E-state index in [1.165, 1.54) is 12.4 Å². The van der Waals surface area contributed by atoms with Crippen LogP contribution in [0.3, 0.4) is 0 Å². The molecule has 1 aromatic carbocycles. The van der Waals surface area contributed by atoms with Crippen LogP contribution in [-0.4, -0.2) is 20.1 Å². The normalized spacial score (nSPS) is 12.2. The number of H-pyrrole nitrogens is 1. The van der Waals surface area contributed by atoms with Gasteiger partial charge in [0.25, 0.3) is 5.69 Å². The standard InChI is InChI=1S/C11H12BrN5O2/c1-6-3-9(8(12)4-10(6)17(18)19)15-7(2)11-13-5-14-16-11/h3-5,7,15H,1-2H3,(H,13,14,16). The summed E-state index contributed by atoms with van der Waals surface area (Å²) in [6.45, 7) is 3.62. The molecule has 7 nitrogen and oxygen atoms in total. The maximum atomic E-state index is 10.8. The maximum Gasteiger partial charge on any atom is 0.273 e. The number of nitrogens with one attached hydrogen (secondary N) is 2. The second kappa shape index (κ2) is 5.35. The minimum Gasteiger partial charge on any atom is -0.374 e. The van der Waals surface area contributed by atoms with Crippen molar-refractivity contribution in [1.29, 1.82) is 0 Å². The van der Waals surface area contributed by atoms with Crippen LogP contribution in [0.25, 0.3) is 0 Å². The van der Waals surface area contributed by atoms with Crippen molar-refractivity contribution < 1.29 is 4.92 Å². The van der Waals surface area contributed by atoms with Crippen molar-refractivity contribution >= 4 is 27.3 Å². The SMILES string of the molecule is Cc1cc(NC(C)c2ncn[nH]2)c(Br)cc1[N+](=O)[O-]. The highest BCUT2D eigenvalue weighted by atomic mass is 79.9. The predicted molar refractivity (Wildman–Crippen MR) is 74.0 cm³/mol. The highest BCUT2D eigenvalue weighted by Gasteiger charge is 2.16. The zero-order valence-electron chi connectivity index (χ0n) is 10.3. The summed E-state index contributed by atoms with van der Waals surface area (Å²) in [5.41, 5.74) is 1.46. The van der Waals surface area contributed by atoms with Gasteiger partial charge in [-0.1, -0.05) is 0 Å². The van der Waals surface area contributed by atoms with Gasteiger partial charge >= 0.3 is 0 Å². The Morgan fingerprint density at radius 3 is 2.84 bits per heavy atom. The lowest BCUT2D eigenvalue weighted by atomic mass is 10.1. The van der Waals surface area contributed by atoms with Gasteiger partial charge in [0, 0.05) is 21.8 Å². The molecule has 0 fully saturated rings. The molecule has 0 radical (unpaired) electrons. The van der Waals surface area contributed by atoms with Gasteiger partial charge in [-0.2, -0.15) is 5.10 Å². The summed E-state index contributed by atoms with van der Waals surface area (Å²) in [6, 6.07) is 3.14. The molecule has 2 N–H and O–H groups in total. The molecule has 1 unspecified atom stereocenters. The number of nitro groups is 1. The minimum absolute atomic E-state index is 0.0837. The molecule has 1 aromatic heterocycles. The van der Waals surface area contributed by atoms with Gasteiger partial charge in [0.05, 0.1) is 11.0 Å². The Hall–Kier alpha value is -1.96. The Bertz CT molecular complexity index is 599. The molecule has 8 heteroatoms. The Kier molecular flexibility index (Phi) is 3.79. The van der Waals surface area contributed by atoms with Gasteiger partial charge < -0.3 is 5.32 Å². The van der Waals surface area contributed by atoms with E-state index < -0.39 is 4.92 Å². The molecule has 0 saturated heterocycles. The third-order valence-electron chi connectivity index (χ3n) is 2.70. The molecule has 1 atom stereocenters. The maximum absolute atomic E-state index is 10.8. The highest BCUT2D eigenvalue weighted by molar-refractivity contribution is 9.10. The second-order valence-corrected chi connectivity index (χ2v) is 4.97. The van der Waals surface area contributed by atoms with Crippen LogP contribution in [0.2, 0.25) is 0 Å². The summed E-state index contributed by atoms with van der Waals surface area (Å²) in [5, 5.41) is 20.6. The number of hydrogen-bond donors (Lipinski definition) is 2. The molecule has 0 aliphatic carbocycles. The van der Waals surface area contributed by atoms with Crippen LogP contribution in [0.4, 0.5) is 11.4 Å². The van der Waals surface area contributed by atoms with Gasteiger partial charge in [-0.15, -0.1) is 0 Å². The van der Waals surface area contributed by atoms with Gasteiger partial charge in [-0.3, -0.25) is 15.2 Å². The zero-order valence-corrected chi connectivity index (χ0v) is 11.9. The lowest BCUT2D eigenvalue weighted by Crippen LogP contribution is -2.09. The molecule has 1 heterocycles. The predicted octanol–water partition coefficient (Wildman–Crippen LogP) is 2.96. The van der Waals surface area contributed by atoms with Crippen molar-refractivity contribution in [3.63, 3.8) is 0 Å². The molecule has 100 valence electrons. The van der Waals surface area contributed by atoms with Crippen molar-refractivity contribution in [3.8, 4) is 0 Å². The van der Waals surface area contributed by atoms with E-state index in [0.29, 0.717) is 15.9 Å². The number of hydrogen-bond acceptors (Lipinski definition) is 5. The van der Waals surface area contributed by atoms with Crippen molar-refractivity contribution in [2.75, 3.05) is 5.32 Å². The average molecular weight is 326 g/mol. The summed E-state index contributed by atoms with van der Waals surface area (Å²) >= 11 is 3.33. The smallest absolute Gasteiger partial charge is 0.273 e. The Labute approximate surface area is 117 Å². The molecular formula is C11H12BrN5O2. The molecular weight excluding hydrogens is 314 g/mol. The van der Waals surface area contributed by atoms with E-state index in [0.717, 1.165) is 5.69 Å². The number of anilines is 1. The molecule has 2 aromatic rings. The molecule has 2 rings (SSSR count). The lowest BCUT2D eigenvalue weighted by Gasteiger charge is -2.14. The van der Waals surface area contributed by atoms with Crippen LogP contribution in [0.15, 0.2) is 22.9 Å². The number of nitrogens with zero attached hydrogens (tertiary/aromatic N) is 3. The summed E-state index contributed by atoms with van der Waals surface area (Å²) in [6.07, 6.45) is 1.43. The zero-order chi connectivity index (χ0) is 14.0. The average Bonchev–Trinajstić information content (AvgIpc) is 2.86. The minimum atomic E-state index is -0.399. The van der Waals surface area contributed by atoms with E-state index >= 15 is 0 Å². The van der Waals surface area contributed by atoms with E-state index in [-0.39, 0.29) is 11.7 Å². The number of halogens is 1. The van der Waals surface area contributed by atoms with E-state index in [1.807, 2.05) is 6.92 Å². The van der Waals surface area contributed by atoms with Crippen LogP contribution in [0, 0.1) is 17.0 Å². The molecule has 0 amide bonds. The molecule has 0 spiro atoms. The number of aromatic nitrogens is 3. The number of rotatable bonds is 4. The van der Waals surface area contributed by atoms with Crippen molar-refractivity contribution in [3.05, 3.63) is 44.4 Å². The van der Waals surface area contributed by atoms with E-state index in [9.17, 15) is 10.1 Å². The monoisotopic (exact) mass is 325 g/mol. The third-order valence-corrected chi connectivity index (χ3v) is 3.35. The van der Waals surface area contributed by atoms with Crippen molar-refractivity contribution in [1.82, 2.24) is 15.2 Å². The summed E-state index contributed by atoms with van der Waals surface area (Å²) in [5.74, 6) is 0.697. The van der Waals surface area contributed by atoms with E-state index in [1.54, 1.807) is 13.0 Å². The largest absolute Gasteiger partial charge is 0.374 e. The molecule has 0 aliphatic rings. The van der Waals surface area contributed by atoms with E-state index in [4.69, 9.17) is 0 Å². The fourth-order valence-corrected chi connectivity index (χ4v) is 2.15. The topological polar surface area (TPSA) is 96.7 Å².